The Morgan fingerprint density at radius 2 is 1.88 bits per heavy atom. The Balaban J connectivity index is 1.37. The van der Waals surface area contributed by atoms with Crippen molar-refractivity contribution in [2.45, 2.75) is 71.0 Å². The SMILES string of the molecule is Cc1cc(N(C2CC2)C2CCN(Cc3nc(C(C)C)no3)CC2)ncn1. The predicted octanol–water partition coefficient (Wildman–Crippen LogP) is 2.92. The lowest BCUT2D eigenvalue weighted by Gasteiger charge is -2.39. The first-order valence-corrected chi connectivity index (χ1v) is 9.72. The van der Waals surface area contributed by atoms with Crippen molar-refractivity contribution in [3.05, 3.63) is 29.8 Å². The van der Waals surface area contributed by atoms with E-state index >= 15 is 0 Å². The molecule has 1 aliphatic carbocycles. The van der Waals surface area contributed by atoms with Crippen molar-refractivity contribution in [1.29, 1.82) is 0 Å². The van der Waals surface area contributed by atoms with E-state index in [0.29, 0.717) is 18.0 Å². The number of rotatable bonds is 6. The predicted molar refractivity (Wildman–Crippen MR) is 99.0 cm³/mol. The van der Waals surface area contributed by atoms with Crippen LogP contribution in [0.5, 0.6) is 0 Å². The molecule has 1 saturated carbocycles. The summed E-state index contributed by atoms with van der Waals surface area (Å²) in [6.07, 6.45) is 6.54. The fourth-order valence-corrected chi connectivity index (χ4v) is 3.72. The summed E-state index contributed by atoms with van der Waals surface area (Å²) in [6.45, 7) is 9.06. The minimum Gasteiger partial charge on any atom is -0.350 e. The largest absolute Gasteiger partial charge is 0.350 e. The Hall–Kier alpha value is -2.02. The molecule has 0 aromatic carbocycles. The third-order valence-corrected chi connectivity index (χ3v) is 5.30. The maximum atomic E-state index is 5.40. The monoisotopic (exact) mass is 356 g/mol. The third kappa shape index (κ3) is 3.87. The Kier molecular flexibility index (Phi) is 4.89. The van der Waals surface area contributed by atoms with Crippen molar-refractivity contribution in [2.24, 2.45) is 0 Å². The lowest BCUT2D eigenvalue weighted by molar-refractivity contribution is 0.178. The number of anilines is 1. The molecule has 26 heavy (non-hydrogen) atoms. The van der Waals surface area contributed by atoms with Gasteiger partial charge in [-0.2, -0.15) is 4.98 Å². The van der Waals surface area contributed by atoms with Crippen LogP contribution in [0.1, 0.15) is 62.9 Å². The maximum absolute atomic E-state index is 5.40. The second kappa shape index (κ2) is 7.31. The minimum atomic E-state index is 0.307. The van der Waals surface area contributed by atoms with E-state index in [1.165, 1.54) is 12.8 Å². The summed E-state index contributed by atoms with van der Waals surface area (Å²) in [4.78, 5) is 18.3. The molecule has 0 amide bonds. The van der Waals surface area contributed by atoms with Gasteiger partial charge in [0.05, 0.1) is 6.54 Å². The molecular weight excluding hydrogens is 328 g/mol. The van der Waals surface area contributed by atoms with Gasteiger partial charge in [0.2, 0.25) is 5.89 Å². The molecule has 2 aromatic rings. The normalized spacial score (nSPS) is 19.2. The van der Waals surface area contributed by atoms with Crippen molar-refractivity contribution in [1.82, 2.24) is 25.0 Å². The first-order valence-electron chi connectivity index (χ1n) is 9.72. The summed E-state index contributed by atoms with van der Waals surface area (Å²) in [7, 11) is 0. The van der Waals surface area contributed by atoms with E-state index in [9.17, 15) is 0 Å². The summed E-state index contributed by atoms with van der Waals surface area (Å²) >= 11 is 0. The molecule has 0 spiro atoms. The topological polar surface area (TPSA) is 71.2 Å². The van der Waals surface area contributed by atoms with Gasteiger partial charge in [-0.05, 0) is 32.6 Å². The molecule has 2 aliphatic rings. The van der Waals surface area contributed by atoms with Crippen molar-refractivity contribution >= 4 is 5.82 Å². The van der Waals surface area contributed by atoms with Crippen LogP contribution in [0.25, 0.3) is 0 Å². The van der Waals surface area contributed by atoms with Crippen LogP contribution in [-0.4, -0.2) is 50.2 Å². The zero-order chi connectivity index (χ0) is 18.1. The molecule has 2 aromatic heterocycles. The van der Waals surface area contributed by atoms with Crippen LogP contribution in [0.3, 0.4) is 0 Å². The molecule has 0 radical (unpaired) electrons. The van der Waals surface area contributed by atoms with E-state index in [2.05, 4.69) is 49.8 Å². The highest BCUT2D eigenvalue weighted by Crippen LogP contribution is 2.35. The molecule has 7 nitrogen and oxygen atoms in total. The van der Waals surface area contributed by atoms with E-state index in [-0.39, 0.29) is 0 Å². The van der Waals surface area contributed by atoms with Gasteiger partial charge < -0.3 is 9.42 Å². The quantitative estimate of drug-likeness (QED) is 0.788. The maximum Gasteiger partial charge on any atom is 0.240 e. The number of hydrogen-bond donors (Lipinski definition) is 0. The Morgan fingerprint density at radius 3 is 2.50 bits per heavy atom. The molecule has 1 aliphatic heterocycles. The van der Waals surface area contributed by atoms with E-state index in [4.69, 9.17) is 4.52 Å². The lowest BCUT2D eigenvalue weighted by Crippen LogP contribution is -2.46. The Bertz CT molecular complexity index is 733. The van der Waals surface area contributed by atoms with Crippen LogP contribution in [-0.2, 0) is 6.54 Å². The van der Waals surface area contributed by atoms with E-state index in [1.807, 2.05) is 6.92 Å². The average molecular weight is 356 g/mol. The molecule has 0 bridgehead atoms. The highest BCUT2D eigenvalue weighted by molar-refractivity contribution is 5.43. The van der Waals surface area contributed by atoms with Gasteiger partial charge in [0.25, 0.3) is 0 Å². The third-order valence-electron chi connectivity index (χ3n) is 5.30. The fraction of sp³-hybridized carbons (Fsp3) is 0.684. The van der Waals surface area contributed by atoms with Gasteiger partial charge in [0, 0.05) is 42.9 Å². The second-order valence-corrected chi connectivity index (χ2v) is 7.86. The number of nitrogens with zero attached hydrogens (tertiary/aromatic N) is 6. The van der Waals surface area contributed by atoms with Gasteiger partial charge in [-0.1, -0.05) is 19.0 Å². The minimum absolute atomic E-state index is 0.307. The van der Waals surface area contributed by atoms with Crippen LogP contribution >= 0.6 is 0 Å². The van der Waals surface area contributed by atoms with E-state index < -0.39 is 0 Å². The highest BCUT2D eigenvalue weighted by Gasteiger charge is 2.36. The van der Waals surface area contributed by atoms with E-state index in [0.717, 1.165) is 55.7 Å². The molecule has 7 heteroatoms. The number of likely N-dealkylation sites (tertiary alicyclic amines) is 1. The molecule has 4 rings (SSSR count). The first kappa shape index (κ1) is 17.4. The number of aryl methyl sites for hydroxylation is 1. The summed E-state index contributed by atoms with van der Waals surface area (Å²) in [5.74, 6) is 2.94. The number of piperidine rings is 1. The molecule has 3 heterocycles. The van der Waals surface area contributed by atoms with Gasteiger partial charge in [0.15, 0.2) is 5.82 Å². The van der Waals surface area contributed by atoms with Crippen LogP contribution in [0.4, 0.5) is 5.82 Å². The standard InChI is InChI=1S/C19H28N6O/c1-13(2)19-22-18(26-23-19)11-24-8-6-16(7-9-24)25(15-4-5-15)17-10-14(3)20-12-21-17/h10,12-13,15-16H,4-9,11H2,1-3H3. The molecule has 140 valence electrons. The summed E-state index contributed by atoms with van der Waals surface area (Å²) in [5, 5.41) is 4.07. The lowest BCUT2D eigenvalue weighted by atomic mass is 10.0. The van der Waals surface area contributed by atoms with Crippen molar-refractivity contribution < 1.29 is 4.52 Å². The van der Waals surface area contributed by atoms with Gasteiger partial charge in [-0.15, -0.1) is 0 Å². The second-order valence-electron chi connectivity index (χ2n) is 7.86. The molecular formula is C19H28N6O. The zero-order valence-electron chi connectivity index (χ0n) is 15.9. The summed E-state index contributed by atoms with van der Waals surface area (Å²) in [6, 6.07) is 3.34. The van der Waals surface area contributed by atoms with Crippen LogP contribution in [0.2, 0.25) is 0 Å². The smallest absolute Gasteiger partial charge is 0.240 e. The van der Waals surface area contributed by atoms with Crippen molar-refractivity contribution in [3.8, 4) is 0 Å². The molecule has 0 atom stereocenters. The molecule has 0 unspecified atom stereocenters. The number of aromatic nitrogens is 4. The molecule has 0 N–H and O–H groups in total. The first-order chi connectivity index (χ1) is 12.6. The van der Waals surface area contributed by atoms with Crippen molar-refractivity contribution in [3.63, 3.8) is 0 Å². The van der Waals surface area contributed by atoms with Gasteiger partial charge >= 0.3 is 0 Å². The van der Waals surface area contributed by atoms with Gasteiger partial charge in [0.1, 0.15) is 12.1 Å². The Morgan fingerprint density at radius 1 is 1.15 bits per heavy atom. The number of hydrogen-bond acceptors (Lipinski definition) is 7. The van der Waals surface area contributed by atoms with Crippen LogP contribution < -0.4 is 4.90 Å². The van der Waals surface area contributed by atoms with Crippen molar-refractivity contribution in [2.75, 3.05) is 18.0 Å². The van der Waals surface area contributed by atoms with Crippen LogP contribution in [0.15, 0.2) is 16.9 Å². The molecule has 1 saturated heterocycles. The molecule has 2 fully saturated rings. The zero-order valence-corrected chi connectivity index (χ0v) is 15.9. The van der Waals surface area contributed by atoms with E-state index in [1.54, 1.807) is 6.33 Å². The summed E-state index contributed by atoms with van der Waals surface area (Å²) < 4.78 is 5.40. The summed E-state index contributed by atoms with van der Waals surface area (Å²) in [5.41, 5.74) is 1.04. The fourth-order valence-electron chi connectivity index (χ4n) is 3.72. The van der Waals surface area contributed by atoms with Gasteiger partial charge in [-0.25, -0.2) is 9.97 Å². The highest BCUT2D eigenvalue weighted by atomic mass is 16.5. The Labute approximate surface area is 154 Å². The van der Waals surface area contributed by atoms with Crippen LogP contribution in [0, 0.1) is 6.92 Å². The average Bonchev–Trinajstić information content (AvgIpc) is 3.34. The van der Waals surface area contributed by atoms with Gasteiger partial charge in [-0.3, -0.25) is 4.90 Å².